The van der Waals surface area contributed by atoms with E-state index in [0.717, 1.165) is 5.56 Å². The van der Waals surface area contributed by atoms with Crippen molar-refractivity contribution >= 4 is 11.6 Å². The van der Waals surface area contributed by atoms with Crippen LogP contribution in [-0.4, -0.2) is 22.7 Å². The fraction of sp³-hybridized carbons (Fsp3) is 0.133. The summed E-state index contributed by atoms with van der Waals surface area (Å²) in [5.74, 6) is -0.356. The number of para-hydroxylation sites is 1. The van der Waals surface area contributed by atoms with Gasteiger partial charge in [-0.2, -0.15) is 0 Å². The Hall–Kier alpha value is -2.69. The van der Waals surface area contributed by atoms with Crippen LogP contribution in [0.15, 0.2) is 42.5 Å². The third-order valence-corrected chi connectivity index (χ3v) is 2.95. The third-order valence-electron chi connectivity index (χ3n) is 2.95. The molecule has 0 atom stereocenters. The van der Waals surface area contributed by atoms with Crippen molar-refractivity contribution in [3.63, 3.8) is 0 Å². The number of nitrogens with two attached hydrogens (primary N) is 1. The lowest BCUT2D eigenvalue weighted by Crippen LogP contribution is -2.25. The van der Waals surface area contributed by atoms with E-state index in [1.54, 1.807) is 30.3 Å². The van der Waals surface area contributed by atoms with Gasteiger partial charge in [-0.15, -0.1) is 0 Å². The molecule has 0 fully saturated rings. The molecule has 0 aliphatic carbocycles. The molecule has 1 amide bonds. The van der Waals surface area contributed by atoms with E-state index in [-0.39, 0.29) is 28.7 Å². The highest BCUT2D eigenvalue weighted by atomic mass is 16.3. The van der Waals surface area contributed by atoms with Gasteiger partial charge in [-0.1, -0.05) is 18.2 Å². The first-order valence-electron chi connectivity index (χ1n) is 6.21. The number of rotatable bonds is 4. The first kappa shape index (κ1) is 13.7. The van der Waals surface area contributed by atoms with E-state index in [2.05, 4.69) is 5.32 Å². The minimum atomic E-state index is -0.367. The number of hydrogen-bond donors (Lipinski definition) is 4. The van der Waals surface area contributed by atoms with Gasteiger partial charge in [-0.05, 0) is 36.2 Å². The molecule has 20 heavy (non-hydrogen) atoms. The third kappa shape index (κ3) is 3.20. The van der Waals surface area contributed by atoms with Crippen LogP contribution in [0.25, 0.3) is 0 Å². The fourth-order valence-corrected chi connectivity index (χ4v) is 1.82. The number of anilines is 1. The van der Waals surface area contributed by atoms with E-state index in [1.807, 2.05) is 0 Å². The molecule has 0 radical (unpaired) electrons. The summed E-state index contributed by atoms with van der Waals surface area (Å²) in [6, 6.07) is 11.4. The highest BCUT2D eigenvalue weighted by molar-refractivity contribution is 5.98. The molecule has 2 aromatic carbocycles. The molecule has 0 aliphatic heterocycles. The Morgan fingerprint density at radius 2 is 1.80 bits per heavy atom. The number of carbonyl (C=O) groups is 1. The van der Waals surface area contributed by atoms with E-state index in [9.17, 15) is 9.90 Å². The summed E-state index contributed by atoms with van der Waals surface area (Å²) in [6.45, 7) is 0.428. The maximum Gasteiger partial charge on any atom is 0.255 e. The Kier molecular flexibility index (Phi) is 4.10. The van der Waals surface area contributed by atoms with Crippen molar-refractivity contribution in [1.82, 2.24) is 5.32 Å². The van der Waals surface area contributed by atoms with E-state index in [4.69, 9.17) is 10.8 Å². The monoisotopic (exact) mass is 272 g/mol. The molecule has 2 rings (SSSR count). The number of phenols is 2. The van der Waals surface area contributed by atoms with Crippen molar-refractivity contribution < 1.29 is 15.0 Å². The van der Waals surface area contributed by atoms with Gasteiger partial charge in [-0.25, -0.2) is 0 Å². The maximum atomic E-state index is 11.9. The Morgan fingerprint density at radius 3 is 2.50 bits per heavy atom. The van der Waals surface area contributed by atoms with Crippen molar-refractivity contribution in [3.05, 3.63) is 53.6 Å². The quantitative estimate of drug-likeness (QED) is 0.502. The van der Waals surface area contributed by atoms with Crippen LogP contribution in [0.3, 0.4) is 0 Å². The Labute approximate surface area is 116 Å². The number of carbonyl (C=O) groups excluding carboxylic acids is 1. The van der Waals surface area contributed by atoms with Crippen molar-refractivity contribution in [1.29, 1.82) is 0 Å². The Balaban J connectivity index is 1.92. The zero-order chi connectivity index (χ0) is 14.5. The highest BCUT2D eigenvalue weighted by Crippen LogP contribution is 2.24. The van der Waals surface area contributed by atoms with E-state index in [0.29, 0.717) is 13.0 Å². The molecule has 0 bridgehead atoms. The van der Waals surface area contributed by atoms with Gasteiger partial charge in [0.25, 0.3) is 5.91 Å². The lowest BCUT2D eigenvalue weighted by atomic mass is 10.1. The zero-order valence-electron chi connectivity index (χ0n) is 10.8. The van der Waals surface area contributed by atoms with Gasteiger partial charge in [0.1, 0.15) is 5.75 Å². The van der Waals surface area contributed by atoms with Gasteiger partial charge < -0.3 is 21.3 Å². The second-order valence-electron chi connectivity index (χ2n) is 4.42. The van der Waals surface area contributed by atoms with Gasteiger partial charge in [0.05, 0.1) is 11.3 Å². The minimum absolute atomic E-state index is 0.163. The molecular formula is C15H16N2O3. The van der Waals surface area contributed by atoms with Crippen LogP contribution in [0.4, 0.5) is 5.69 Å². The summed E-state index contributed by atoms with van der Waals surface area (Å²) in [5, 5.41) is 21.6. The molecule has 5 N–H and O–H groups in total. The predicted molar refractivity (Wildman–Crippen MR) is 76.7 cm³/mol. The van der Waals surface area contributed by atoms with Crippen LogP contribution >= 0.6 is 0 Å². The SMILES string of the molecule is Nc1cccc(C(=O)NCCc2ccc(O)cc2)c1O. The summed E-state index contributed by atoms with van der Waals surface area (Å²) >= 11 is 0. The lowest BCUT2D eigenvalue weighted by molar-refractivity contribution is 0.0951. The van der Waals surface area contributed by atoms with Gasteiger partial charge in [-0.3, -0.25) is 4.79 Å². The normalized spacial score (nSPS) is 10.2. The van der Waals surface area contributed by atoms with Gasteiger partial charge >= 0.3 is 0 Å². The van der Waals surface area contributed by atoms with Crippen LogP contribution in [0, 0.1) is 0 Å². The number of aromatic hydroxyl groups is 2. The molecule has 0 unspecified atom stereocenters. The van der Waals surface area contributed by atoms with E-state index < -0.39 is 0 Å². The van der Waals surface area contributed by atoms with Crippen LogP contribution in [0.1, 0.15) is 15.9 Å². The second kappa shape index (κ2) is 5.97. The summed E-state index contributed by atoms with van der Waals surface area (Å²) in [6.07, 6.45) is 0.634. The number of amides is 1. The number of nitrogen functional groups attached to an aromatic ring is 1. The predicted octanol–water partition coefficient (Wildman–Crippen LogP) is 1.65. The topological polar surface area (TPSA) is 95.6 Å². The molecular weight excluding hydrogens is 256 g/mol. The molecule has 0 aromatic heterocycles. The molecule has 0 saturated heterocycles. The maximum absolute atomic E-state index is 11.9. The Morgan fingerprint density at radius 1 is 1.10 bits per heavy atom. The average molecular weight is 272 g/mol. The summed E-state index contributed by atoms with van der Waals surface area (Å²) in [4.78, 5) is 11.9. The fourth-order valence-electron chi connectivity index (χ4n) is 1.82. The van der Waals surface area contributed by atoms with Gasteiger partial charge in [0.2, 0.25) is 0 Å². The van der Waals surface area contributed by atoms with Crippen LogP contribution in [0.5, 0.6) is 11.5 Å². The highest BCUT2D eigenvalue weighted by Gasteiger charge is 2.12. The van der Waals surface area contributed by atoms with E-state index >= 15 is 0 Å². The molecule has 104 valence electrons. The second-order valence-corrected chi connectivity index (χ2v) is 4.42. The molecule has 0 aliphatic rings. The van der Waals surface area contributed by atoms with Crippen LogP contribution in [-0.2, 0) is 6.42 Å². The van der Waals surface area contributed by atoms with Gasteiger partial charge in [0, 0.05) is 6.54 Å². The standard InChI is InChI=1S/C15H16N2O3/c16-13-3-1-2-12(14(13)19)15(20)17-9-8-10-4-6-11(18)7-5-10/h1-7,18-19H,8-9,16H2,(H,17,20). The molecule has 0 spiro atoms. The molecule has 0 heterocycles. The lowest BCUT2D eigenvalue weighted by Gasteiger charge is -2.08. The first-order valence-corrected chi connectivity index (χ1v) is 6.21. The number of nitrogens with one attached hydrogen (secondary N) is 1. The molecule has 2 aromatic rings. The van der Waals surface area contributed by atoms with Crippen molar-refractivity contribution in [2.45, 2.75) is 6.42 Å². The number of phenolic OH excluding ortho intramolecular Hbond substituents is 2. The summed E-state index contributed by atoms with van der Waals surface area (Å²) in [5.41, 5.74) is 6.88. The zero-order valence-corrected chi connectivity index (χ0v) is 10.8. The Bertz CT molecular complexity index is 609. The van der Waals surface area contributed by atoms with E-state index in [1.165, 1.54) is 12.1 Å². The smallest absolute Gasteiger partial charge is 0.255 e. The van der Waals surface area contributed by atoms with Crippen LogP contribution < -0.4 is 11.1 Å². The number of benzene rings is 2. The first-order chi connectivity index (χ1) is 9.58. The van der Waals surface area contributed by atoms with Crippen molar-refractivity contribution in [2.24, 2.45) is 0 Å². The molecule has 5 nitrogen and oxygen atoms in total. The summed E-state index contributed by atoms with van der Waals surface area (Å²) < 4.78 is 0. The largest absolute Gasteiger partial charge is 0.508 e. The number of hydrogen-bond acceptors (Lipinski definition) is 4. The summed E-state index contributed by atoms with van der Waals surface area (Å²) in [7, 11) is 0. The molecule has 5 heteroatoms. The van der Waals surface area contributed by atoms with Crippen molar-refractivity contribution in [2.75, 3.05) is 12.3 Å². The van der Waals surface area contributed by atoms with Crippen LogP contribution in [0.2, 0.25) is 0 Å². The molecule has 0 saturated carbocycles. The minimum Gasteiger partial charge on any atom is -0.508 e. The average Bonchev–Trinajstić information content (AvgIpc) is 2.44. The van der Waals surface area contributed by atoms with Crippen molar-refractivity contribution in [3.8, 4) is 11.5 Å². The van der Waals surface area contributed by atoms with Gasteiger partial charge in [0.15, 0.2) is 5.75 Å².